The van der Waals surface area contributed by atoms with Gasteiger partial charge in [-0.25, -0.2) is 0 Å². The van der Waals surface area contributed by atoms with E-state index in [4.69, 9.17) is 0 Å². The molecule has 0 aromatic carbocycles. The van der Waals surface area contributed by atoms with Crippen molar-refractivity contribution in [3.05, 3.63) is 0 Å². The van der Waals surface area contributed by atoms with Gasteiger partial charge in [0, 0.05) is 17.4 Å². The van der Waals surface area contributed by atoms with Crippen LogP contribution in [0.25, 0.3) is 0 Å². The predicted molar refractivity (Wildman–Crippen MR) is 64.0 cm³/mol. The molecule has 0 radical (unpaired) electrons. The maximum absolute atomic E-state index is 11.9. The van der Waals surface area contributed by atoms with Crippen molar-refractivity contribution in [2.75, 3.05) is 0 Å². The van der Waals surface area contributed by atoms with E-state index in [0.717, 1.165) is 25.7 Å². The van der Waals surface area contributed by atoms with Crippen LogP contribution in [0.4, 0.5) is 0 Å². The third-order valence-electron chi connectivity index (χ3n) is 3.17. The zero-order chi connectivity index (χ0) is 12.3. The topological polar surface area (TPSA) is 46.2 Å². The van der Waals surface area contributed by atoms with Gasteiger partial charge in [0.15, 0.2) is 0 Å². The molecular formula is C13H23NO2. The molecule has 1 rings (SSSR count). The minimum atomic E-state index is -0.158. The van der Waals surface area contributed by atoms with Crippen LogP contribution in [0.3, 0.4) is 0 Å². The van der Waals surface area contributed by atoms with E-state index < -0.39 is 0 Å². The van der Waals surface area contributed by atoms with Gasteiger partial charge in [0.1, 0.15) is 5.78 Å². The van der Waals surface area contributed by atoms with Gasteiger partial charge >= 0.3 is 0 Å². The Bertz CT molecular complexity index is 270. The van der Waals surface area contributed by atoms with Gasteiger partial charge < -0.3 is 5.32 Å². The molecule has 0 aromatic rings. The van der Waals surface area contributed by atoms with Crippen LogP contribution in [0.2, 0.25) is 0 Å². The van der Waals surface area contributed by atoms with Crippen molar-refractivity contribution in [1.82, 2.24) is 5.32 Å². The fourth-order valence-corrected chi connectivity index (χ4v) is 2.23. The molecule has 1 N–H and O–H groups in total. The van der Waals surface area contributed by atoms with E-state index in [1.54, 1.807) is 6.92 Å². The van der Waals surface area contributed by atoms with Crippen molar-refractivity contribution in [2.24, 2.45) is 11.8 Å². The van der Waals surface area contributed by atoms with E-state index in [-0.39, 0.29) is 29.1 Å². The lowest BCUT2D eigenvalue weighted by Crippen LogP contribution is -2.44. The average molecular weight is 225 g/mol. The van der Waals surface area contributed by atoms with Gasteiger partial charge in [-0.3, -0.25) is 9.59 Å². The third-order valence-corrected chi connectivity index (χ3v) is 3.17. The number of ketones is 1. The second kappa shape index (κ2) is 4.98. The molecule has 3 heteroatoms. The van der Waals surface area contributed by atoms with Gasteiger partial charge in [-0.05, 0) is 53.4 Å². The van der Waals surface area contributed by atoms with Crippen molar-refractivity contribution < 1.29 is 9.59 Å². The predicted octanol–water partition coefficient (Wildman–Crippen LogP) is 2.30. The number of hydrogen-bond donors (Lipinski definition) is 1. The quantitative estimate of drug-likeness (QED) is 0.783. The third kappa shape index (κ3) is 3.95. The molecule has 0 unspecified atom stereocenters. The van der Waals surface area contributed by atoms with Gasteiger partial charge in [-0.2, -0.15) is 0 Å². The van der Waals surface area contributed by atoms with E-state index >= 15 is 0 Å². The van der Waals surface area contributed by atoms with E-state index in [2.05, 4.69) is 5.32 Å². The highest BCUT2D eigenvalue weighted by atomic mass is 16.2. The number of nitrogens with one attached hydrogen (secondary N) is 1. The molecule has 0 aromatic heterocycles. The Morgan fingerprint density at radius 3 is 1.81 bits per heavy atom. The van der Waals surface area contributed by atoms with Crippen LogP contribution in [-0.4, -0.2) is 17.2 Å². The minimum Gasteiger partial charge on any atom is -0.351 e. The highest BCUT2D eigenvalue weighted by Gasteiger charge is 2.29. The number of amides is 1. The first kappa shape index (κ1) is 13.2. The monoisotopic (exact) mass is 225 g/mol. The van der Waals surface area contributed by atoms with E-state index in [0.29, 0.717) is 0 Å². The molecule has 1 saturated carbocycles. The van der Waals surface area contributed by atoms with Gasteiger partial charge in [0.2, 0.25) is 5.91 Å². The molecule has 1 aliphatic rings. The second-order valence-corrected chi connectivity index (χ2v) is 5.90. The molecule has 1 aliphatic carbocycles. The molecule has 0 aliphatic heterocycles. The van der Waals surface area contributed by atoms with Crippen LogP contribution < -0.4 is 5.32 Å². The first-order chi connectivity index (χ1) is 7.29. The zero-order valence-electron chi connectivity index (χ0n) is 10.8. The lowest BCUT2D eigenvalue weighted by Gasteiger charge is -2.29. The second-order valence-electron chi connectivity index (χ2n) is 5.90. The zero-order valence-corrected chi connectivity index (χ0v) is 10.8. The summed E-state index contributed by atoms with van der Waals surface area (Å²) in [6, 6.07) is 0. The molecule has 3 nitrogen and oxygen atoms in total. The largest absolute Gasteiger partial charge is 0.351 e. The van der Waals surface area contributed by atoms with Crippen LogP contribution in [0.1, 0.15) is 53.4 Å². The number of carbonyl (C=O) groups excluding carboxylic acids is 2. The molecule has 0 bridgehead atoms. The van der Waals surface area contributed by atoms with Gasteiger partial charge in [-0.1, -0.05) is 0 Å². The summed E-state index contributed by atoms with van der Waals surface area (Å²) < 4.78 is 0. The normalized spacial score (nSPS) is 26.2. The Morgan fingerprint density at radius 2 is 1.44 bits per heavy atom. The van der Waals surface area contributed by atoms with Crippen molar-refractivity contribution in [1.29, 1.82) is 0 Å². The summed E-state index contributed by atoms with van der Waals surface area (Å²) in [6.45, 7) is 7.63. The van der Waals surface area contributed by atoms with Crippen molar-refractivity contribution in [3.8, 4) is 0 Å². The highest BCUT2D eigenvalue weighted by molar-refractivity contribution is 5.81. The van der Waals surface area contributed by atoms with Crippen LogP contribution >= 0.6 is 0 Å². The number of Topliss-reactive ketones (excluding diaryl/α,β-unsaturated/α-hetero) is 1. The van der Waals surface area contributed by atoms with Crippen LogP contribution in [0, 0.1) is 11.8 Å². The van der Waals surface area contributed by atoms with Crippen LogP contribution in [-0.2, 0) is 9.59 Å². The molecule has 0 atom stereocenters. The molecule has 1 amide bonds. The first-order valence-corrected chi connectivity index (χ1v) is 6.12. The maximum atomic E-state index is 11.9. The van der Waals surface area contributed by atoms with E-state index in [1.165, 1.54) is 0 Å². The highest BCUT2D eigenvalue weighted by Crippen LogP contribution is 2.29. The fraction of sp³-hybridized carbons (Fsp3) is 0.846. The van der Waals surface area contributed by atoms with E-state index in [1.807, 2.05) is 20.8 Å². The molecule has 0 spiro atoms. The summed E-state index contributed by atoms with van der Waals surface area (Å²) in [5.41, 5.74) is -0.158. The molecule has 92 valence electrons. The SMILES string of the molecule is CC(=O)C1CCC(C(=O)NC(C)(C)C)CC1. The maximum Gasteiger partial charge on any atom is 0.223 e. The standard InChI is InChI=1S/C13H23NO2/c1-9(15)10-5-7-11(8-6-10)12(16)14-13(2,3)4/h10-11H,5-8H2,1-4H3,(H,14,16). The average Bonchev–Trinajstić information content (AvgIpc) is 2.15. The van der Waals surface area contributed by atoms with Gasteiger partial charge in [-0.15, -0.1) is 0 Å². The summed E-state index contributed by atoms with van der Waals surface area (Å²) in [7, 11) is 0. The van der Waals surface area contributed by atoms with Crippen molar-refractivity contribution in [2.45, 2.75) is 58.9 Å². The molecule has 0 saturated heterocycles. The lowest BCUT2D eigenvalue weighted by molar-refractivity contribution is -0.129. The number of rotatable bonds is 2. The summed E-state index contributed by atoms with van der Waals surface area (Å²) in [6.07, 6.45) is 3.45. The molecule has 16 heavy (non-hydrogen) atoms. The Hall–Kier alpha value is -0.860. The van der Waals surface area contributed by atoms with Gasteiger partial charge in [0.25, 0.3) is 0 Å². The van der Waals surface area contributed by atoms with Crippen molar-refractivity contribution >= 4 is 11.7 Å². The molecule has 1 fully saturated rings. The molecule has 0 heterocycles. The Morgan fingerprint density at radius 1 is 1.00 bits per heavy atom. The van der Waals surface area contributed by atoms with Gasteiger partial charge in [0.05, 0.1) is 0 Å². The first-order valence-electron chi connectivity index (χ1n) is 6.12. The summed E-state index contributed by atoms with van der Waals surface area (Å²) in [5.74, 6) is 0.720. The summed E-state index contributed by atoms with van der Waals surface area (Å²) in [4.78, 5) is 23.1. The lowest BCUT2D eigenvalue weighted by atomic mass is 9.80. The van der Waals surface area contributed by atoms with Crippen LogP contribution in [0.15, 0.2) is 0 Å². The summed E-state index contributed by atoms with van der Waals surface area (Å²) in [5, 5.41) is 3.01. The number of hydrogen-bond acceptors (Lipinski definition) is 2. The molecular weight excluding hydrogens is 202 g/mol. The van der Waals surface area contributed by atoms with E-state index in [9.17, 15) is 9.59 Å². The Labute approximate surface area is 98.0 Å². The Balaban J connectivity index is 2.42. The van der Waals surface area contributed by atoms with Crippen LogP contribution in [0.5, 0.6) is 0 Å². The smallest absolute Gasteiger partial charge is 0.223 e. The Kier molecular flexibility index (Phi) is 4.11. The minimum absolute atomic E-state index is 0.106. The number of carbonyl (C=O) groups is 2. The van der Waals surface area contributed by atoms with Crippen molar-refractivity contribution in [3.63, 3.8) is 0 Å². The summed E-state index contributed by atoms with van der Waals surface area (Å²) >= 11 is 0. The fourth-order valence-electron chi connectivity index (χ4n) is 2.23.